The van der Waals surface area contributed by atoms with Gasteiger partial charge in [0.25, 0.3) is 10.0 Å². The quantitative estimate of drug-likeness (QED) is 0.303. The molecule has 32 heavy (non-hydrogen) atoms. The fourth-order valence-electron chi connectivity index (χ4n) is 3.08. The highest BCUT2D eigenvalue weighted by Crippen LogP contribution is 2.29. The SMILES string of the molecule is O=S(=O)(Nc1nc2ccccc2nc1Nc1ccc2nscc2c1)c1ccc(Br)c(F)c1. The van der Waals surface area contributed by atoms with Gasteiger partial charge in [-0.3, -0.25) is 4.72 Å². The number of hydrogen-bond donors (Lipinski definition) is 2. The second kappa shape index (κ2) is 8.08. The minimum Gasteiger partial charge on any atom is -0.337 e. The fraction of sp³-hybridized carbons (Fsp3) is 0. The normalized spacial score (nSPS) is 11.7. The maximum absolute atomic E-state index is 13.9. The highest BCUT2D eigenvalue weighted by molar-refractivity contribution is 9.10. The molecule has 5 rings (SSSR count). The molecule has 0 unspecified atom stereocenters. The first-order valence-corrected chi connectivity index (χ1v) is 12.4. The highest BCUT2D eigenvalue weighted by atomic mass is 79.9. The number of anilines is 3. The average molecular weight is 530 g/mol. The molecule has 0 amide bonds. The number of nitrogens with zero attached hydrogens (tertiary/aromatic N) is 3. The molecule has 0 fully saturated rings. The molecule has 2 aromatic heterocycles. The van der Waals surface area contributed by atoms with Gasteiger partial charge in [0, 0.05) is 16.5 Å². The molecule has 3 aromatic carbocycles. The van der Waals surface area contributed by atoms with Crippen molar-refractivity contribution in [1.29, 1.82) is 0 Å². The number of nitrogens with one attached hydrogen (secondary N) is 2. The smallest absolute Gasteiger partial charge is 0.263 e. The zero-order chi connectivity index (χ0) is 22.3. The summed E-state index contributed by atoms with van der Waals surface area (Å²) < 4.78 is 46.7. The molecule has 2 N–H and O–H groups in total. The maximum atomic E-state index is 13.9. The number of aromatic nitrogens is 3. The Labute approximate surface area is 194 Å². The number of halogens is 2. The lowest BCUT2D eigenvalue weighted by molar-refractivity contribution is 0.593. The Kier molecular flexibility index (Phi) is 5.24. The molecule has 7 nitrogen and oxygen atoms in total. The third-order valence-corrected chi connectivity index (χ3v) is 7.27. The van der Waals surface area contributed by atoms with Gasteiger partial charge < -0.3 is 5.32 Å². The van der Waals surface area contributed by atoms with Crippen LogP contribution in [0.1, 0.15) is 0 Å². The third kappa shape index (κ3) is 4.01. The maximum Gasteiger partial charge on any atom is 0.263 e. The van der Waals surface area contributed by atoms with Crippen molar-refractivity contribution in [2.75, 3.05) is 10.0 Å². The van der Waals surface area contributed by atoms with Gasteiger partial charge in [-0.15, -0.1) is 0 Å². The standard InChI is InChI=1S/C21H13BrFN5O2S2/c22-15-7-6-14(10-16(15)23)32(29,30)28-21-20(25-18-3-1-2-4-19(18)26-21)24-13-5-8-17-12(9-13)11-31-27-17/h1-11H,(H,24,25)(H,26,28). The number of sulfonamides is 1. The molecule has 2 heterocycles. The Hall–Kier alpha value is -3.15. The minimum atomic E-state index is -4.12. The van der Waals surface area contributed by atoms with E-state index in [4.69, 9.17) is 0 Å². The molecule has 0 aliphatic heterocycles. The Balaban J connectivity index is 1.58. The molecule has 5 aromatic rings. The van der Waals surface area contributed by atoms with Crippen LogP contribution < -0.4 is 10.0 Å². The summed E-state index contributed by atoms with van der Waals surface area (Å²) in [7, 11) is -4.12. The molecule has 0 saturated heterocycles. The van der Waals surface area contributed by atoms with Crippen LogP contribution in [0.15, 0.2) is 75.4 Å². The van der Waals surface area contributed by atoms with Gasteiger partial charge in [0.1, 0.15) is 5.82 Å². The van der Waals surface area contributed by atoms with E-state index in [-0.39, 0.29) is 21.0 Å². The summed E-state index contributed by atoms with van der Waals surface area (Å²) in [6, 6.07) is 16.2. The van der Waals surface area contributed by atoms with Crippen molar-refractivity contribution in [3.8, 4) is 0 Å². The van der Waals surface area contributed by atoms with E-state index in [0.717, 1.165) is 17.0 Å². The Morgan fingerprint density at radius 2 is 1.66 bits per heavy atom. The van der Waals surface area contributed by atoms with Gasteiger partial charge in [0.15, 0.2) is 11.6 Å². The van der Waals surface area contributed by atoms with E-state index in [1.807, 2.05) is 29.6 Å². The lowest BCUT2D eigenvalue weighted by atomic mass is 10.2. The Bertz CT molecular complexity index is 1590. The second-order valence-electron chi connectivity index (χ2n) is 6.80. The largest absolute Gasteiger partial charge is 0.337 e. The Morgan fingerprint density at radius 3 is 2.41 bits per heavy atom. The Morgan fingerprint density at radius 1 is 0.906 bits per heavy atom. The van der Waals surface area contributed by atoms with Crippen LogP contribution in [0.25, 0.3) is 21.9 Å². The van der Waals surface area contributed by atoms with Gasteiger partial charge in [-0.25, -0.2) is 22.8 Å². The molecule has 0 radical (unpaired) electrons. The molecule has 0 saturated carbocycles. The van der Waals surface area contributed by atoms with E-state index in [1.54, 1.807) is 18.2 Å². The number of para-hydroxylation sites is 2. The topological polar surface area (TPSA) is 96.9 Å². The monoisotopic (exact) mass is 529 g/mol. The van der Waals surface area contributed by atoms with Crippen molar-refractivity contribution in [3.05, 3.63) is 76.3 Å². The number of rotatable bonds is 5. The number of fused-ring (bicyclic) bond motifs is 2. The summed E-state index contributed by atoms with van der Waals surface area (Å²) in [5.74, 6) is -0.476. The van der Waals surface area contributed by atoms with Crippen molar-refractivity contribution in [2.24, 2.45) is 0 Å². The van der Waals surface area contributed by atoms with Gasteiger partial charge in [-0.2, -0.15) is 4.37 Å². The van der Waals surface area contributed by atoms with E-state index < -0.39 is 15.8 Å². The van der Waals surface area contributed by atoms with Crippen LogP contribution in [0, 0.1) is 5.82 Å². The first-order valence-electron chi connectivity index (χ1n) is 9.25. The van der Waals surface area contributed by atoms with Crippen molar-refractivity contribution in [1.82, 2.24) is 14.3 Å². The minimum absolute atomic E-state index is 0.00410. The van der Waals surface area contributed by atoms with E-state index in [1.165, 1.54) is 23.7 Å². The van der Waals surface area contributed by atoms with Gasteiger partial charge in [0.2, 0.25) is 0 Å². The van der Waals surface area contributed by atoms with Gasteiger partial charge in [-0.1, -0.05) is 12.1 Å². The first kappa shape index (κ1) is 20.7. The zero-order valence-electron chi connectivity index (χ0n) is 16.1. The van der Waals surface area contributed by atoms with Crippen molar-refractivity contribution in [3.63, 3.8) is 0 Å². The van der Waals surface area contributed by atoms with Gasteiger partial charge >= 0.3 is 0 Å². The summed E-state index contributed by atoms with van der Waals surface area (Å²) in [5.41, 5.74) is 2.65. The number of hydrogen-bond acceptors (Lipinski definition) is 7. The first-order chi connectivity index (χ1) is 15.4. The summed E-state index contributed by atoms with van der Waals surface area (Å²) in [4.78, 5) is 8.77. The molecule has 160 valence electrons. The molecule has 0 atom stereocenters. The van der Waals surface area contributed by atoms with Crippen LogP contribution in [0.2, 0.25) is 0 Å². The number of benzene rings is 3. The van der Waals surface area contributed by atoms with E-state index in [2.05, 4.69) is 40.3 Å². The summed E-state index contributed by atoms with van der Waals surface area (Å²) in [6.07, 6.45) is 0. The van der Waals surface area contributed by atoms with Gasteiger partial charge in [0.05, 0.1) is 25.9 Å². The molecule has 11 heteroatoms. The third-order valence-electron chi connectivity index (χ3n) is 4.62. The lowest BCUT2D eigenvalue weighted by Gasteiger charge is -2.14. The molecule has 0 spiro atoms. The predicted octanol–water partition coefficient (Wildman–Crippen LogP) is 5.69. The van der Waals surface area contributed by atoms with Crippen molar-refractivity contribution < 1.29 is 12.8 Å². The molecule has 0 aliphatic rings. The van der Waals surface area contributed by atoms with Crippen LogP contribution in [0.5, 0.6) is 0 Å². The highest BCUT2D eigenvalue weighted by Gasteiger charge is 2.20. The fourth-order valence-corrected chi connectivity index (χ4v) is 4.98. The molecular weight excluding hydrogens is 517 g/mol. The van der Waals surface area contributed by atoms with E-state index in [0.29, 0.717) is 16.7 Å². The van der Waals surface area contributed by atoms with E-state index in [9.17, 15) is 12.8 Å². The summed E-state index contributed by atoms with van der Waals surface area (Å²) in [6.45, 7) is 0. The summed E-state index contributed by atoms with van der Waals surface area (Å²) in [5, 5.41) is 6.00. The van der Waals surface area contributed by atoms with Crippen LogP contribution >= 0.6 is 27.5 Å². The molecular formula is C21H13BrFN5O2S2. The van der Waals surface area contributed by atoms with Crippen molar-refractivity contribution in [2.45, 2.75) is 4.90 Å². The molecule has 0 bridgehead atoms. The van der Waals surface area contributed by atoms with Crippen LogP contribution in [-0.2, 0) is 10.0 Å². The van der Waals surface area contributed by atoms with E-state index >= 15 is 0 Å². The van der Waals surface area contributed by atoms with Crippen molar-refractivity contribution >= 4 is 76.7 Å². The predicted molar refractivity (Wildman–Crippen MR) is 127 cm³/mol. The van der Waals surface area contributed by atoms with Crippen LogP contribution in [0.4, 0.5) is 21.7 Å². The summed E-state index contributed by atoms with van der Waals surface area (Å²) >= 11 is 4.38. The van der Waals surface area contributed by atoms with Crippen LogP contribution in [-0.4, -0.2) is 22.8 Å². The second-order valence-corrected chi connectivity index (χ2v) is 9.97. The lowest BCUT2D eigenvalue weighted by Crippen LogP contribution is -2.16. The average Bonchev–Trinajstić information content (AvgIpc) is 3.23. The zero-order valence-corrected chi connectivity index (χ0v) is 19.3. The van der Waals surface area contributed by atoms with Crippen LogP contribution in [0.3, 0.4) is 0 Å². The molecule has 0 aliphatic carbocycles. The van der Waals surface area contributed by atoms with Gasteiger partial charge in [-0.05, 0) is 76.0 Å².